The lowest BCUT2D eigenvalue weighted by Gasteiger charge is -1.97. The van der Waals surface area contributed by atoms with Crippen molar-refractivity contribution < 1.29 is 0 Å². The molecule has 2 aromatic heterocycles. The fraction of sp³-hybridized carbons (Fsp3) is 0.105. The summed E-state index contributed by atoms with van der Waals surface area (Å²) in [6.45, 7) is 4.25. The van der Waals surface area contributed by atoms with Crippen LogP contribution in [0.4, 0.5) is 0 Å². The topological polar surface area (TPSA) is 38.7 Å². The van der Waals surface area contributed by atoms with Crippen LogP contribution in [0.2, 0.25) is 0 Å². The molecule has 0 amide bonds. The van der Waals surface area contributed by atoms with Crippen LogP contribution < -0.4 is 0 Å². The number of thiazole rings is 1. The predicted octanol–water partition coefficient (Wildman–Crippen LogP) is 5.03. The van der Waals surface area contributed by atoms with Gasteiger partial charge in [0.2, 0.25) is 0 Å². The molecule has 4 heteroatoms. The quantitative estimate of drug-likeness (QED) is 0.520. The molecule has 0 spiro atoms. The van der Waals surface area contributed by atoms with Crippen LogP contribution in [0.15, 0.2) is 42.6 Å². The molecule has 0 saturated carbocycles. The largest absolute Gasteiger partial charge is 0.252 e. The summed E-state index contributed by atoms with van der Waals surface area (Å²) in [6.07, 6.45) is 5.77. The van der Waals surface area contributed by atoms with E-state index in [1.54, 1.807) is 17.5 Å². The molecule has 0 bridgehead atoms. The third kappa shape index (κ3) is 2.73. The molecular weight excluding hydrogens is 302 g/mol. The summed E-state index contributed by atoms with van der Waals surface area (Å²) in [7, 11) is 0. The first-order valence-corrected chi connectivity index (χ1v) is 8.28. The zero-order valence-electron chi connectivity index (χ0n) is 12.9. The van der Waals surface area contributed by atoms with Gasteiger partial charge in [-0.15, -0.1) is 11.3 Å². The van der Waals surface area contributed by atoms with E-state index < -0.39 is 0 Å². The smallest absolute Gasteiger partial charge is 0.117 e. The van der Waals surface area contributed by atoms with E-state index in [2.05, 4.69) is 40.9 Å². The van der Waals surface area contributed by atoms with Crippen molar-refractivity contribution in [2.75, 3.05) is 0 Å². The average molecular weight is 317 g/mol. The minimum Gasteiger partial charge on any atom is -0.252 e. The summed E-state index contributed by atoms with van der Waals surface area (Å²) in [5.74, 6) is 0. The molecule has 0 atom stereocenters. The number of fused-ring (bicyclic) bond motifs is 2. The van der Waals surface area contributed by atoms with Crippen LogP contribution in [0.3, 0.4) is 0 Å². The lowest BCUT2D eigenvalue weighted by atomic mass is 10.1. The highest BCUT2D eigenvalue weighted by molar-refractivity contribution is 7.19. The van der Waals surface area contributed by atoms with Crippen LogP contribution in [0, 0.1) is 13.8 Å². The molecule has 0 aliphatic heterocycles. The van der Waals surface area contributed by atoms with Crippen molar-refractivity contribution in [3.63, 3.8) is 0 Å². The van der Waals surface area contributed by atoms with Crippen LogP contribution in [0.1, 0.15) is 21.8 Å². The minimum absolute atomic E-state index is 0.843. The first kappa shape index (κ1) is 14.0. The Labute approximate surface area is 138 Å². The molecule has 2 heterocycles. The van der Waals surface area contributed by atoms with Crippen LogP contribution >= 0.6 is 11.3 Å². The highest BCUT2D eigenvalue weighted by Gasteiger charge is 2.04. The minimum atomic E-state index is 0.843. The van der Waals surface area contributed by atoms with E-state index in [4.69, 9.17) is 0 Å². The second-order valence-corrected chi connectivity index (χ2v) is 6.64. The maximum Gasteiger partial charge on any atom is 0.117 e. The van der Waals surface area contributed by atoms with E-state index in [-0.39, 0.29) is 0 Å². The molecule has 112 valence electrons. The molecule has 0 N–H and O–H groups in total. The van der Waals surface area contributed by atoms with Gasteiger partial charge in [-0.3, -0.25) is 4.98 Å². The zero-order valence-corrected chi connectivity index (χ0v) is 13.8. The fourth-order valence-corrected chi connectivity index (χ4v) is 3.43. The third-order valence-electron chi connectivity index (χ3n) is 3.88. The number of nitrogens with zero attached hydrogens (tertiary/aromatic N) is 3. The second-order valence-electron chi connectivity index (χ2n) is 5.57. The molecule has 3 nitrogen and oxygen atoms in total. The number of para-hydroxylation sites is 2. The highest BCUT2D eigenvalue weighted by atomic mass is 32.1. The molecule has 0 unspecified atom stereocenters. The molecule has 0 fully saturated rings. The van der Waals surface area contributed by atoms with Gasteiger partial charge in [0.15, 0.2) is 0 Å². The summed E-state index contributed by atoms with van der Waals surface area (Å²) in [6, 6.07) is 12.2. The molecule has 0 radical (unpaired) electrons. The summed E-state index contributed by atoms with van der Waals surface area (Å²) in [5.41, 5.74) is 6.30. The van der Waals surface area contributed by atoms with Gasteiger partial charge in [0.25, 0.3) is 0 Å². The first-order chi connectivity index (χ1) is 11.2. The Morgan fingerprint density at radius 2 is 1.65 bits per heavy atom. The third-order valence-corrected chi connectivity index (χ3v) is 4.87. The summed E-state index contributed by atoms with van der Waals surface area (Å²) >= 11 is 1.70. The van der Waals surface area contributed by atoms with Crippen molar-refractivity contribution in [2.24, 2.45) is 0 Å². The molecule has 0 aliphatic carbocycles. The Morgan fingerprint density at radius 3 is 2.52 bits per heavy atom. The Balaban J connectivity index is 1.69. The van der Waals surface area contributed by atoms with E-state index in [0.717, 1.165) is 27.3 Å². The van der Waals surface area contributed by atoms with Crippen molar-refractivity contribution >= 4 is 44.7 Å². The molecule has 4 rings (SSSR count). The van der Waals surface area contributed by atoms with Crippen LogP contribution in [-0.4, -0.2) is 15.0 Å². The maximum absolute atomic E-state index is 4.68. The normalized spacial score (nSPS) is 11.7. The van der Waals surface area contributed by atoms with E-state index in [0.29, 0.717) is 0 Å². The maximum atomic E-state index is 4.68. The van der Waals surface area contributed by atoms with Crippen molar-refractivity contribution in [2.45, 2.75) is 13.8 Å². The number of aromatic nitrogens is 3. The van der Waals surface area contributed by atoms with Gasteiger partial charge in [0.05, 0.1) is 33.1 Å². The monoisotopic (exact) mass is 317 g/mol. The van der Waals surface area contributed by atoms with Crippen molar-refractivity contribution in [3.05, 3.63) is 64.4 Å². The Morgan fingerprint density at radius 1 is 0.870 bits per heavy atom. The average Bonchev–Trinajstić information content (AvgIpc) is 2.95. The van der Waals surface area contributed by atoms with Crippen LogP contribution in [-0.2, 0) is 0 Å². The highest BCUT2D eigenvalue weighted by Crippen LogP contribution is 2.26. The fourth-order valence-electron chi connectivity index (χ4n) is 2.48. The Hall–Kier alpha value is -2.59. The molecular formula is C19H15N3S. The van der Waals surface area contributed by atoms with Gasteiger partial charge in [-0.1, -0.05) is 12.1 Å². The number of hydrogen-bond acceptors (Lipinski definition) is 4. The molecule has 4 aromatic rings. The first-order valence-electron chi connectivity index (χ1n) is 7.47. The molecule has 0 saturated heterocycles. The molecule has 0 aliphatic rings. The van der Waals surface area contributed by atoms with Crippen molar-refractivity contribution in [3.8, 4) is 0 Å². The van der Waals surface area contributed by atoms with Gasteiger partial charge in [-0.2, -0.15) is 0 Å². The number of aryl methyl sites for hydroxylation is 2. The SMILES string of the molecule is Cc1cc2nc(/C=C/c3cnc4ccccc4n3)sc2cc1C. The van der Waals surface area contributed by atoms with Gasteiger partial charge >= 0.3 is 0 Å². The van der Waals surface area contributed by atoms with Gasteiger partial charge < -0.3 is 0 Å². The zero-order chi connectivity index (χ0) is 15.8. The van der Waals surface area contributed by atoms with Gasteiger partial charge in [0.1, 0.15) is 5.01 Å². The van der Waals surface area contributed by atoms with E-state index in [9.17, 15) is 0 Å². The molecule has 23 heavy (non-hydrogen) atoms. The van der Waals surface area contributed by atoms with Crippen LogP contribution in [0.5, 0.6) is 0 Å². The van der Waals surface area contributed by atoms with Gasteiger partial charge in [-0.05, 0) is 61.4 Å². The molecule has 2 aromatic carbocycles. The second kappa shape index (κ2) is 5.56. The summed E-state index contributed by atoms with van der Waals surface area (Å²) in [5, 5.41) is 0.986. The number of benzene rings is 2. The van der Waals surface area contributed by atoms with Gasteiger partial charge in [0, 0.05) is 0 Å². The number of hydrogen-bond donors (Lipinski definition) is 0. The predicted molar refractivity (Wildman–Crippen MR) is 97.6 cm³/mol. The van der Waals surface area contributed by atoms with Crippen molar-refractivity contribution in [1.82, 2.24) is 15.0 Å². The van der Waals surface area contributed by atoms with E-state index in [1.807, 2.05) is 36.4 Å². The standard InChI is InChI=1S/C19H15N3S/c1-12-9-17-18(10-13(12)2)23-19(22-17)8-7-14-11-20-15-5-3-4-6-16(15)21-14/h3-11H,1-2H3/b8-7+. The van der Waals surface area contributed by atoms with Crippen LogP contribution in [0.25, 0.3) is 33.4 Å². The lowest BCUT2D eigenvalue weighted by Crippen LogP contribution is -1.86. The van der Waals surface area contributed by atoms with E-state index in [1.165, 1.54) is 15.8 Å². The summed E-state index contributed by atoms with van der Waals surface area (Å²) in [4.78, 5) is 13.7. The van der Waals surface area contributed by atoms with E-state index >= 15 is 0 Å². The Bertz CT molecular complexity index is 1010. The van der Waals surface area contributed by atoms with Crippen molar-refractivity contribution in [1.29, 1.82) is 0 Å². The number of rotatable bonds is 2. The Kier molecular flexibility index (Phi) is 3.39. The lowest BCUT2D eigenvalue weighted by molar-refractivity contribution is 1.27. The summed E-state index contributed by atoms with van der Waals surface area (Å²) < 4.78 is 1.22. The van der Waals surface area contributed by atoms with Gasteiger partial charge in [-0.25, -0.2) is 9.97 Å².